The first-order valence-corrected chi connectivity index (χ1v) is 10.6. The Labute approximate surface area is 151 Å². The SMILES string of the molecule is C[C@@H]1CCCCN1Cc1ccc(NC(=O)CS(=O)(=O)C(C)(C)C)cc1. The monoisotopic (exact) mass is 366 g/mol. The first-order valence-electron chi connectivity index (χ1n) is 8.93. The summed E-state index contributed by atoms with van der Waals surface area (Å²) in [6.45, 7) is 9.12. The Bertz CT molecular complexity index is 690. The van der Waals surface area contributed by atoms with Gasteiger partial charge in [-0.15, -0.1) is 0 Å². The van der Waals surface area contributed by atoms with E-state index < -0.39 is 26.2 Å². The normalized spacial score (nSPS) is 19.6. The van der Waals surface area contributed by atoms with E-state index in [2.05, 4.69) is 17.1 Å². The third-order valence-electron chi connectivity index (χ3n) is 4.82. The van der Waals surface area contributed by atoms with Crippen LogP contribution < -0.4 is 5.32 Å². The number of rotatable bonds is 5. The van der Waals surface area contributed by atoms with Crippen LogP contribution >= 0.6 is 0 Å². The Hall–Kier alpha value is -1.40. The lowest BCUT2D eigenvalue weighted by atomic mass is 10.0. The zero-order chi connectivity index (χ0) is 18.7. The summed E-state index contributed by atoms with van der Waals surface area (Å²) in [6.07, 6.45) is 3.80. The minimum absolute atomic E-state index is 0.493. The minimum Gasteiger partial charge on any atom is -0.325 e. The van der Waals surface area contributed by atoms with Crippen LogP contribution in [0, 0.1) is 0 Å². The van der Waals surface area contributed by atoms with Crippen LogP contribution in [0.4, 0.5) is 5.69 Å². The van der Waals surface area contributed by atoms with Gasteiger partial charge >= 0.3 is 0 Å². The van der Waals surface area contributed by atoms with Gasteiger partial charge in [-0.3, -0.25) is 9.69 Å². The van der Waals surface area contributed by atoms with E-state index >= 15 is 0 Å². The molecule has 1 N–H and O–H groups in total. The maximum Gasteiger partial charge on any atom is 0.239 e. The second-order valence-corrected chi connectivity index (χ2v) is 10.7. The standard InChI is InChI=1S/C19H30N2O3S/c1-15-7-5-6-12-21(15)13-16-8-10-17(11-9-16)20-18(22)14-25(23,24)19(2,3)4/h8-11,15H,5-7,12-14H2,1-4H3,(H,20,22)/t15-/m1/s1. The average Bonchev–Trinajstić information content (AvgIpc) is 2.50. The summed E-state index contributed by atoms with van der Waals surface area (Å²) < 4.78 is 23.3. The molecule has 1 amide bonds. The molecule has 0 unspecified atom stereocenters. The van der Waals surface area contributed by atoms with Crippen LogP contribution in [0.3, 0.4) is 0 Å². The van der Waals surface area contributed by atoms with E-state index in [9.17, 15) is 13.2 Å². The van der Waals surface area contributed by atoms with Gasteiger partial charge in [0.05, 0.1) is 4.75 Å². The molecule has 6 heteroatoms. The quantitative estimate of drug-likeness (QED) is 0.869. The van der Waals surface area contributed by atoms with Crippen LogP contribution in [-0.4, -0.2) is 42.3 Å². The number of likely N-dealkylation sites (tertiary alicyclic amines) is 1. The molecule has 0 saturated carbocycles. The molecule has 1 aliphatic rings. The van der Waals surface area contributed by atoms with E-state index in [1.807, 2.05) is 24.3 Å². The highest BCUT2D eigenvalue weighted by Crippen LogP contribution is 2.20. The number of carbonyl (C=O) groups is 1. The summed E-state index contributed by atoms with van der Waals surface area (Å²) in [7, 11) is -3.47. The summed E-state index contributed by atoms with van der Waals surface area (Å²) in [4.78, 5) is 14.5. The summed E-state index contributed by atoms with van der Waals surface area (Å²) in [6, 6.07) is 8.28. The van der Waals surface area contributed by atoms with E-state index in [0.717, 1.165) is 13.1 Å². The molecule has 1 aromatic rings. The van der Waals surface area contributed by atoms with Crippen molar-refractivity contribution >= 4 is 21.4 Å². The number of benzene rings is 1. The Balaban J connectivity index is 1.93. The van der Waals surface area contributed by atoms with Crippen LogP contribution in [0.5, 0.6) is 0 Å². The lowest BCUT2D eigenvalue weighted by Crippen LogP contribution is -2.36. The van der Waals surface area contributed by atoms with E-state index in [1.54, 1.807) is 20.8 Å². The lowest BCUT2D eigenvalue weighted by molar-refractivity contribution is -0.113. The molecule has 1 aliphatic heterocycles. The summed E-state index contributed by atoms with van der Waals surface area (Å²) >= 11 is 0. The topological polar surface area (TPSA) is 66.5 Å². The summed E-state index contributed by atoms with van der Waals surface area (Å²) in [5.41, 5.74) is 1.83. The molecule has 5 nitrogen and oxygen atoms in total. The molecule has 0 spiro atoms. The van der Waals surface area contributed by atoms with E-state index in [1.165, 1.54) is 24.8 Å². The molecule has 0 aromatic heterocycles. The van der Waals surface area contributed by atoms with Crippen LogP contribution in [0.2, 0.25) is 0 Å². The van der Waals surface area contributed by atoms with Crippen molar-refractivity contribution in [2.45, 2.75) is 64.3 Å². The van der Waals surface area contributed by atoms with E-state index in [4.69, 9.17) is 0 Å². The number of piperidine rings is 1. The van der Waals surface area contributed by atoms with Crippen molar-refractivity contribution in [3.05, 3.63) is 29.8 Å². The van der Waals surface area contributed by atoms with Gasteiger partial charge < -0.3 is 5.32 Å². The molecule has 1 fully saturated rings. The predicted molar refractivity (Wildman–Crippen MR) is 102 cm³/mol. The Kier molecular flexibility index (Phi) is 6.27. The Morgan fingerprint density at radius 3 is 2.40 bits per heavy atom. The van der Waals surface area contributed by atoms with Crippen LogP contribution in [0.1, 0.15) is 52.5 Å². The van der Waals surface area contributed by atoms with Crippen molar-refractivity contribution < 1.29 is 13.2 Å². The second kappa shape index (κ2) is 7.87. The number of hydrogen-bond donors (Lipinski definition) is 1. The number of nitrogens with one attached hydrogen (secondary N) is 1. The smallest absolute Gasteiger partial charge is 0.239 e. The van der Waals surface area contributed by atoms with Gasteiger partial charge in [-0.25, -0.2) is 8.42 Å². The van der Waals surface area contributed by atoms with Gasteiger partial charge in [0.1, 0.15) is 5.75 Å². The third kappa shape index (κ3) is 5.54. The molecule has 1 heterocycles. The fourth-order valence-electron chi connectivity index (χ4n) is 2.91. The number of nitrogens with zero attached hydrogens (tertiary/aromatic N) is 1. The molecular formula is C19H30N2O3S. The lowest BCUT2D eigenvalue weighted by Gasteiger charge is -2.33. The first-order chi connectivity index (χ1) is 11.6. The van der Waals surface area contributed by atoms with Crippen LogP contribution in [0.15, 0.2) is 24.3 Å². The molecular weight excluding hydrogens is 336 g/mol. The van der Waals surface area contributed by atoms with Gasteiger partial charge in [-0.1, -0.05) is 18.6 Å². The van der Waals surface area contributed by atoms with E-state index in [0.29, 0.717) is 11.7 Å². The van der Waals surface area contributed by atoms with Gasteiger partial charge in [0.2, 0.25) is 5.91 Å². The molecule has 0 bridgehead atoms. The third-order valence-corrected chi connectivity index (χ3v) is 7.33. The number of anilines is 1. The molecule has 140 valence electrons. The van der Waals surface area contributed by atoms with Gasteiger partial charge in [0, 0.05) is 18.3 Å². The van der Waals surface area contributed by atoms with Crippen molar-refractivity contribution in [3.63, 3.8) is 0 Å². The fourth-order valence-corrected chi connectivity index (χ4v) is 3.76. The highest BCUT2D eigenvalue weighted by molar-refractivity contribution is 7.93. The zero-order valence-electron chi connectivity index (χ0n) is 15.7. The molecule has 25 heavy (non-hydrogen) atoms. The van der Waals surface area contributed by atoms with Crippen molar-refractivity contribution in [1.82, 2.24) is 4.90 Å². The number of carbonyl (C=O) groups excluding carboxylic acids is 1. The minimum atomic E-state index is -3.47. The Morgan fingerprint density at radius 1 is 1.20 bits per heavy atom. The number of amides is 1. The van der Waals surface area contributed by atoms with Crippen LogP contribution in [0.25, 0.3) is 0 Å². The van der Waals surface area contributed by atoms with Crippen molar-refractivity contribution in [2.24, 2.45) is 0 Å². The Morgan fingerprint density at radius 2 is 1.84 bits per heavy atom. The number of hydrogen-bond acceptors (Lipinski definition) is 4. The molecule has 0 radical (unpaired) electrons. The zero-order valence-corrected chi connectivity index (χ0v) is 16.5. The molecule has 1 saturated heterocycles. The molecule has 2 rings (SSSR count). The fraction of sp³-hybridized carbons (Fsp3) is 0.632. The van der Waals surface area contributed by atoms with Crippen molar-refractivity contribution in [1.29, 1.82) is 0 Å². The summed E-state index contributed by atoms with van der Waals surface area (Å²) in [5, 5.41) is 2.68. The van der Waals surface area contributed by atoms with Gasteiger partial charge in [-0.05, 0) is 64.8 Å². The highest BCUT2D eigenvalue weighted by atomic mass is 32.2. The van der Waals surface area contributed by atoms with Gasteiger partial charge in [0.25, 0.3) is 0 Å². The van der Waals surface area contributed by atoms with Crippen molar-refractivity contribution in [3.8, 4) is 0 Å². The second-order valence-electron chi connectivity index (χ2n) is 7.93. The van der Waals surface area contributed by atoms with Crippen molar-refractivity contribution in [2.75, 3.05) is 17.6 Å². The van der Waals surface area contributed by atoms with Gasteiger partial charge in [0.15, 0.2) is 9.84 Å². The molecule has 0 aliphatic carbocycles. The number of sulfone groups is 1. The van der Waals surface area contributed by atoms with E-state index in [-0.39, 0.29) is 0 Å². The molecule has 1 atom stereocenters. The largest absolute Gasteiger partial charge is 0.325 e. The van der Waals surface area contributed by atoms with Gasteiger partial charge in [-0.2, -0.15) is 0 Å². The summed E-state index contributed by atoms with van der Waals surface area (Å²) in [5.74, 6) is -0.990. The maximum absolute atomic E-state index is 12.1. The molecule has 1 aromatic carbocycles. The predicted octanol–water partition coefficient (Wildman–Crippen LogP) is 3.21. The first kappa shape index (κ1) is 19.9. The maximum atomic E-state index is 12.1. The average molecular weight is 367 g/mol. The highest BCUT2D eigenvalue weighted by Gasteiger charge is 2.31. The van der Waals surface area contributed by atoms with Crippen LogP contribution in [-0.2, 0) is 21.2 Å².